The molecular weight excluding hydrogens is 312 g/mol. The monoisotopic (exact) mass is 326 g/mol. The van der Waals surface area contributed by atoms with Crippen LogP contribution in [0.4, 0.5) is 11.4 Å². The molecule has 1 atom stereocenters. The zero-order chi connectivity index (χ0) is 13.3. The van der Waals surface area contributed by atoms with E-state index in [2.05, 4.69) is 38.1 Å². The Hall–Kier alpha value is -1.14. The number of nitrogens with zero attached hydrogens (tertiary/aromatic N) is 2. The van der Waals surface area contributed by atoms with Crippen LogP contribution < -0.4 is 11.1 Å². The van der Waals surface area contributed by atoms with E-state index in [1.807, 2.05) is 13.8 Å². The molecule has 96 valence electrons. The van der Waals surface area contributed by atoms with Gasteiger partial charge in [-0.1, -0.05) is 0 Å². The Morgan fingerprint density at radius 2 is 2.11 bits per heavy atom. The van der Waals surface area contributed by atoms with Crippen LogP contribution in [-0.2, 0) is 0 Å². The van der Waals surface area contributed by atoms with Crippen molar-refractivity contribution in [3.8, 4) is 0 Å². The van der Waals surface area contributed by atoms with Gasteiger partial charge in [0.15, 0.2) is 0 Å². The molecule has 0 saturated heterocycles. The molecule has 3 N–H and O–H groups in total. The summed E-state index contributed by atoms with van der Waals surface area (Å²) in [6.45, 7) is 6.15. The van der Waals surface area contributed by atoms with Crippen LogP contribution in [-0.4, -0.2) is 9.97 Å². The van der Waals surface area contributed by atoms with Gasteiger partial charge in [-0.15, -0.1) is 11.3 Å². The van der Waals surface area contributed by atoms with E-state index in [4.69, 9.17) is 5.73 Å². The van der Waals surface area contributed by atoms with Crippen molar-refractivity contribution in [2.45, 2.75) is 26.8 Å². The molecule has 0 saturated carbocycles. The highest BCUT2D eigenvalue weighted by Gasteiger charge is 2.15. The van der Waals surface area contributed by atoms with Crippen molar-refractivity contribution in [1.82, 2.24) is 9.97 Å². The van der Waals surface area contributed by atoms with Crippen molar-refractivity contribution in [2.75, 3.05) is 11.1 Å². The largest absolute Gasteiger partial charge is 0.396 e. The summed E-state index contributed by atoms with van der Waals surface area (Å²) in [6.07, 6.45) is 3.38. The Morgan fingerprint density at radius 3 is 2.67 bits per heavy atom. The topological polar surface area (TPSA) is 63.8 Å². The molecule has 0 amide bonds. The van der Waals surface area contributed by atoms with Crippen LogP contribution in [0.15, 0.2) is 16.9 Å². The van der Waals surface area contributed by atoms with Crippen molar-refractivity contribution in [2.24, 2.45) is 0 Å². The highest BCUT2D eigenvalue weighted by Crippen LogP contribution is 2.33. The maximum atomic E-state index is 5.92. The first kappa shape index (κ1) is 13.3. The van der Waals surface area contributed by atoms with E-state index in [1.54, 1.807) is 23.7 Å². The predicted molar refractivity (Wildman–Crippen MR) is 80.0 cm³/mol. The van der Waals surface area contributed by atoms with Gasteiger partial charge in [0.1, 0.15) is 0 Å². The van der Waals surface area contributed by atoms with Gasteiger partial charge in [-0.25, -0.2) is 4.98 Å². The van der Waals surface area contributed by atoms with E-state index >= 15 is 0 Å². The number of nitrogens with one attached hydrogen (secondary N) is 1. The standard InChI is InChI=1S/C12H15BrN4S/c1-6-12(18-8(3)16-6)7(2)17-11-9(13)4-15-5-10(11)14/h4-5,7H,14H2,1-3H3,(H,15,17). The molecule has 4 nitrogen and oxygen atoms in total. The maximum absolute atomic E-state index is 5.92. The number of aromatic nitrogens is 2. The minimum atomic E-state index is 0.164. The molecule has 2 heterocycles. The third-order valence-electron chi connectivity index (χ3n) is 2.62. The predicted octanol–water partition coefficient (Wildman–Crippen LogP) is 3.67. The van der Waals surface area contributed by atoms with Gasteiger partial charge >= 0.3 is 0 Å². The molecule has 2 aromatic heterocycles. The molecule has 0 radical (unpaired) electrons. The lowest BCUT2D eigenvalue weighted by Gasteiger charge is -2.17. The fourth-order valence-corrected chi connectivity index (χ4v) is 3.22. The fourth-order valence-electron chi connectivity index (χ4n) is 1.83. The van der Waals surface area contributed by atoms with Crippen LogP contribution in [0, 0.1) is 13.8 Å². The van der Waals surface area contributed by atoms with Crippen LogP contribution in [0.3, 0.4) is 0 Å². The van der Waals surface area contributed by atoms with E-state index in [0.717, 1.165) is 20.9 Å². The quantitative estimate of drug-likeness (QED) is 0.903. The van der Waals surface area contributed by atoms with Gasteiger partial charge in [-0.3, -0.25) is 4.98 Å². The van der Waals surface area contributed by atoms with E-state index in [9.17, 15) is 0 Å². The summed E-state index contributed by atoms with van der Waals surface area (Å²) in [4.78, 5) is 9.70. The van der Waals surface area contributed by atoms with Crippen molar-refractivity contribution in [1.29, 1.82) is 0 Å². The summed E-state index contributed by atoms with van der Waals surface area (Å²) in [5.74, 6) is 0. The third-order valence-corrected chi connectivity index (χ3v) is 4.48. The van der Waals surface area contributed by atoms with Gasteiger partial charge in [-0.05, 0) is 36.7 Å². The zero-order valence-electron chi connectivity index (χ0n) is 10.5. The van der Waals surface area contributed by atoms with Crippen LogP contribution in [0.2, 0.25) is 0 Å². The van der Waals surface area contributed by atoms with Crippen LogP contribution in [0.25, 0.3) is 0 Å². The molecule has 0 fully saturated rings. The lowest BCUT2D eigenvalue weighted by atomic mass is 10.2. The molecule has 0 bridgehead atoms. The molecule has 2 aromatic rings. The van der Waals surface area contributed by atoms with Crippen molar-refractivity contribution in [3.63, 3.8) is 0 Å². The Morgan fingerprint density at radius 1 is 1.39 bits per heavy atom. The van der Waals surface area contributed by atoms with Gasteiger partial charge in [0, 0.05) is 11.1 Å². The third kappa shape index (κ3) is 2.64. The minimum Gasteiger partial charge on any atom is -0.396 e. The minimum absolute atomic E-state index is 0.164. The molecule has 6 heteroatoms. The van der Waals surface area contributed by atoms with Crippen LogP contribution in [0.5, 0.6) is 0 Å². The van der Waals surface area contributed by atoms with Crippen molar-refractivity contribution in [3.05, 3.63) is 32.4 Å². The van der Waals surface area contributed by atoms with E-state index in [0.29, 0.717) is 5.69 Å². The van der Waals surface area contributed by atoms with Crippen LogP contribution >= 0.6 is 27.3 Å². The molecule has 1 unspecified atom stereocenters. The van der Waals surface area contributed by atoms with Gasteiger partial charge in [-0.2, -0.15) is 0 Å². The summed E-state index contributed by atoms with van der Waals surface area (Å²) >= 11 is 5.16. The number of nitrogens with two attached hydrogens (primary N) is 1. The highest BCUT2D eigenvalue weighted by atomic mass is 79.9. The second-order valence-electron chi connectivity index (χ2n) is 4.13. The smallest absolute Gasteiger partial charge is 0.0900 e. The van der Waals surface area contributed by atoms with Gasteiger partial charge in [0.25, 0.3) is 0 Å². The second kappa shape index (κ2) is 5.24. The van der Waals surface area contributed by atoms with Gasteiger partial charge < -0.3 is 11.1 Å². The molecule has 0 aliphatic carbocycles. The zero-order valence-corrected chi connectivity index (χ0v) is 12.9. The molecular formula is C12H15BrN4S. The molecule has 0 aromatic carbocycles. The molecule has 0 aliphatic rings. The summed E-state index contributed by atoms with van der Waals surface area (Å²) in [7, 11) is 0. The number of hydrogen-bond acceptors (Lipinski definition) is 5. The number of aryl methyl sites for hydroxylation is 2. The van der Waals surface area contributed by atoms with Crippen LogP contribution in [0.1, 0.15) is 28.5 Å². The normalized spacial score (nSPS) is 12.4. The number of nitrogen functional groups attached to an aromatic ring is 1. The fraction of sp³-hybridized carbons (Fsp3) is 0.333. The number of thiazole rings is 1. The number of halogens is 1. The number of anilines is 2. The van der Waals surface area contributed by atoms with E-state index in [1.165, 1.54) is 4.88 Å². The molecule has 18 heavy (non-hydrogen) atoms. The molecule has 0 spiro atoms. The first-order valence-electron chi connectivity index (χ1n) is 5.58. The first-order chi connectivity index (χ1) is 8.49. The van der Waals surface area contributed by atoms with Gasteiger partial charge in [0.05, 0.1) is 38.8 Å². The number of rotatable bonds is 3. The first-order valence-corrected chi connectivity index (χ1v) is 7.19. The summed E-state index contributed by atoms with van der Waals surface area (Å²) in [6, 6.07) is 0.164. The summed E-state index contributed by atoms with van der Waals surface area (Å²) in [5, 5.41) is 4.49. The lowest BCUT2D eigenvalue weighted by Crippen LogP contribution is -2.09. The average Bonchev–Trinajstić information content (AvgIpc) is 2.63. The van der Waals surface area contributed by atoms with E-state index < -0.39 is 0 Å². The maximum Gasteiger partial charge on any atom is 0.0900 e. The van der Waals surface area contributed by atoms with Gasteiger partial charge in [0.2, 0.25) is 0 Å². The number of pyridine rings is 1. The Kier molecular flexibility index (Phi) is 3.87. The SMILES string of the molecule is Cc1nc(C)c(C(C)Nc2c(N)cncc2Br)s1. The molecule has 2 rings (SSSR count). The van der Waals surface area contributed by atoms with Crippen molar-refractivity contribution >= 4 is 38.6 Å². The Balaban J connectivity index is 2.26. The van der Waals surface area contributed by atoms with E-state index in [-0.39, 0.29) is 6.04 Å². The summed E-state index contributed by atoms with van der Waals surface area (Å²) in [5.41, 5.74) is 8.51. The summed E-state index contributed by atoms with van der Waals surface area (Å²) < 4.78 is 0.869. The average molecular weight is 327 g/mol. The highest BCUT2D eigenvalue weighted by molar-refractivity contribution is 9.10. The Labute approximate surface area is 119 Å². The number of hydrogen-bond donors (Lipinski definition) is 2. The second-order valence-corrected chi connectivity index (χ2v) is 6.22. The van der Waals surface area contributed by atoms with Crippen molar-refractivity contribution < 1.29 is 0 Å². The lowest BCUT2D eigenvalue weighted by molar-refractivity contribution is 0.888. The molecule has 0 aliphatic heterocycles. The Bertz CT molecular complexity index is 547.